The van der Waals surface area contributed by atoms with Crippen LogP contribution in [0.4, 0.5) is 4.39 Å². The Morgan fingerprint density at radius 1 is 1.16 bits per heavy atom. The molecule has 5 nitrogen and oxygen atoms in total. The molecule has 0 aliphatic heterocycles. The highest BCUT2D eigenvalue weighted by atomic mass is 35.5. The summed E-state index contributed by atoms with van der Waals surface area (Å²) >= 11 is 5.67. The molecule has 0 unspecified atom stereocenters. The van der Waals surface area contributed by atoms with Crippen molar-refractivity contribution in [2.45, 2.75) is 13.0 Å². The summed E-state index contributed by atoms with van der Waals surface area (Å²) in [6.07, 6.45) is 0. The number of carbonyl (C=O) groups excluding carboxylic acids is 1. The van der Waals surface area contributed by atoms with Gasteiger partial charge in [-0.05, 0) is 37.3 Å². The molecule has 0 heterocycles. The minimum atomic E-state index is -0.544. The van der Waals surface area contributed by atoms with Gasteiger partial charge in [0.1, 0.15) is 23.1 Å². The van der Waals surface area contributed by atoms with Crippen LogP contribution in [0.2, 0.25) is 5.02 Å². The fraction of sp³-hybridized carbons (Fsp3) is 0.278. The number of methoxy groups -OCH3 is 2. The lowest BCUT2D eigenvalue weighted by atomic mass is 10.1. The van der Waals surface area contributed by atoms with Crippen LogP contribution >= 0.6 is 11.6 Å². The van der Waals surface area contributed by atoms with E-state index in [4.69, 9.17) is 25.8 Å². The third kappa shape index (κ3) is 5.00. The van der Waals surface area contributed by atoms with Crippen molar-refractivity contribution in [2.75, 3.05) is 20.8 Å². The molecule has 0 aliphatic carbocycles. The van der Waals surface area contributed by atoms with Gasteiger partial charge in [-0.2, -0.15) is 0 Å². The predicted molar refractivity (Wildman–Crippen MR) is 93.0 cm³/mol. The highest BCUT2D eigenvalue weighted by Gasteiger charge is 2.15. The van der Waals surface area contributed by atoms with Gasteiger partial charge in [0.05, 0.1) is 25.3 Å². The minimum Gasteiger partial charge on any atom is -0.497 e. The van der Waals surface area contributed by atoms with Crippen molar-refractivity contribution in [2.24, 2.45) is 0 Å². The molecular weight excluding hydrogens is 349 g/mol. The van der Waals surface area contributed by atoms with E-state index in [1.54, 1.807) is 32.4 Å². The highest BCUT2D eigenvalue weighted by molar-refractivity contribution is 6.30. The third-order valence-electron chi connectivity index (χ3n) is 3.54. The van der Waals surface area contributed by atoms with Gasteiger partial charge in [0.25, 0.3) is 5.91 Å². The quantitative estimate of drug-likeness (QED) is 0.809. The molecular formula is C18H19ClFNO4. The van der Waals surface area contributed by atoms with E-state index >= 15 is 0 Å². The highest BCUT2D eigenvalue weighted by Crippen LogP contribution is 2.29. The van der Waals surface area contributed by atoms with Gasteiger partial charge in [-0.3, -0.25) is 4.79 Å². The minimum absolute atomic E-state index is 0.0626. The summed E-state index contributed by atoms with van der Waals surface area (Å²) in [6, 6.07) is 8.93. The molecule has 0 bridgehead atoms. The van der Waals surface area contributed by atoms with Crippen molar-refractivity contribution in [1.82, 2.24) is 5.32 Å². The Hall–Kier alpha value is -2.47. The number of benzene rings is 2. The van der Waals surface area contributed by atoms with E-state index < -0.39 is 5.82 Å². The molecule has 0 saturated heterocycles. The maximum Gasteiger partial charge on any atom is 0.258 e. The van der Waals surface area contributed by atoms with Crippen LogP contribution in [0.1, 0.15) is 18.5 Å². The largest absolute Gasteiger partial charge is 0.497 e. The Kier molecular flexibility index (Phi) is 6.47. The Balaban J connectivity index is 1.99. The first-order valence-electron chi connectivity index (χ1n) is 7.53. The summed E-state index contributed by atoms with van der Waals surface area (Å²) in [5.74, 6) is 0.733. The first-order chi connectivity index (χ1) is 11.9. The van der Waals surface area contributed by atoms with Crippen LogP contribution in [0.25, 0.3) is 0 Å². The Morgan fingerprint density at radius 2 is 1.88 bits per heavy atom. The molecule has 2 aromatic carbocycles. The van der Waals surface area contributed by atoms with Crippen LogP contribution in [-0.4, -0.2) is 26.7 Å². The molecule has 0 aromatic heterocycles. The summed E-state index contributed by atoms with van der Waals surface area (Å²) in [5, 5.41) is 2.75. The van der Waals surface area contributed by atoms with Gasteiger partial charge in [-0.25, -0.2) is 4.39 Å². The van der Waals surface area contributed by atoms with Crippen LogP contribution in [0.5, 0.6) is 17.2 Å². The number of amides is 1. The maximum atomic E-state index is 13.1. The molecule has 25 heavy (non-hydrogen) atoms. The van der Waals surface area contributed by atoms with E-state index in [0.717, 1.165) is 5.56 Å². The maximum absolute atomic E-state index is 13.1. The second kappa shape index (κ2) is 8.58. The van der Waals surface area contributed by atoms with Crippen molar-refractivity contribution < 1.29 is 23.4 Å². The molecule has 134 valence electrons. The van der Waals surface area contributed by atoms with Gasteiger partial charge in [-0.1, -0.05) is 11.6 Å². The van der Waals surface area contributed by atoms with E-state index in [1.165, 1.54) is 18.2 Å². The van der Waals surface area contributed by atoms with Crippen molar-refractivity contribution in [1.29, 1.82) is 0 Å². The van der Waals surface area contributed by atoms with Crippen molar-refractivity contribution in [3.63, 3.8) is 0 Å². The summed E-state index contributed by atoms with van der Waals surface area (Å²) < 4.78 is 28.9. The SMILES string of the molecule is COc1ccc(OC)c([C@H](C)NC(=O)COc2ccc(F)c(Cl)c2)c1. The average molecular weight is 368 g/mol. The van der Waals surface area contributed by atoms with Gasteiger partial charge in [-0.15, -0.1) is 0 Å². The van der Waals surface area contributed by atoms with Crippen LogP contribution in [-0.2, 0) is 4.79 Å². The number of hydrogen-bond acceptors (Lipinski definition) is 4. The molecule has 1 atom stereocenters. The number of hydrogen-bond donors (Lipinski definition) is 1. The molecule has 7 heteroatoms. The number of halogens is 2. The second-order valence-corrected chi connectivity index (χ2v) is 5.67. The van der Waals surface area contributed by atoms with Gasteiger partial charge in [0.2, 0.25) is 0 Å². The number of rotatable bonds is 7. The second-order valence-electron chi connectivity index (χ2n) is 5.26. The lowest BCUT2D eigenvalue weighted by Gasteiger charge is -2.18. The predicted octanol–water partition coefficient (Wildman–Crippen LogP) is 3.75. The number of ether oxygens (including phenoxy) is 3. The van der Waals surface area contributed by atoms with Crippen LogP contribution in [0, 0.1) is 5.82 Å². The van der Waals surface area contributed by atoms with Gasteiger partial charge in [0, 0.05) is 11.6 Å². The van der Waals surface area contributed by atoms with E-state index in [-0.39, 0.29) is 23.6 Å². The molecule has 0 saturated carbocycles. The molecule has 1 amide bonds. The fourth-order valence-corrected chi connectivity index (χ4v) is 2.42. The molecule has 0 fully saturated rings. The van der Waals surface area contributed by atoms with Crippen LogP contribution < -0.4 is 19.5 Å². The standard InChI is InChI=1S/C18H19ClFNO4/c1-11(14-8-12(23-2)5-7-17(14)24-3)21-18(22)10-25-13-4-6-16(20)15(19)9-13/h4-9,11H,10H2,1-3H3,(H,21,22)/t11-/m0/s1. The Morgan fingerprint density at radius 3 is 2.52 bits per heavy atom. The van der Waals surface area contributed by atoms with E-state index in [9.17, 15) is 9.18 Å². The first-order valence-corrected chi connectivity index (χ1v) is 7.91. The molecule has 0 aliphatic rings. The molecule has 2 rings (SSSR count). The lowest BCUT2D eigenvalue weighted by molar-refractivity contribution is -0.123. The zero-order valence-electron chi connectivity index (χ0n) is 14.1. The summed E-state index contributed by atoms with van der Waals surface area (Å²) in [4.78, 5) is 12.1. The van der Waals surface area contributed by atoms with Gasteiger partial charge in [0.15, 0.2) is 6.61 Å². The molecule has 1 N–H and O–H groups in total. The summed E-state index contributed by atoms with van der Waals surface area (Å²) in [6.45, 7) is 1.60. The lowest BCUT2D eigenvalue weighted by Crippen LogP contribution is -2.31. The number of nitrogens with one attached hydrogen (secondary N) is 1. The Bertz CT molecular complexity index is 754. The van der Waals surface area contributed by atoms with Crippen molar-refractivity contribution in [3.8, 4) is 17.2 Å². The van der Waals surface area contributed by atoms with E-state index in [0.29, 0.717) is 17.2 Å². The summed E-state index contributed by atoms with van der Waals surface area (Å²) in [5.41, 5.74) is 0.778. The first kappa shape index (κ1) is 18.9. The van der Waals surface area contributed by atoms with Crippen LogP contribution in [0.15, 0.2) is 36.4 Å². The van der Waals surface area contributed by atoms with Gasteiger partial charge < -0.3 is 19.5 Å². The van der Waals surface area contributed by atoms with Crippen molar-refractivity contribution in [3.05, 3.63) is 52.8 Å². The normalized spacial score (nSPS) is 11.6. The van der Waals surface area contributed by atoms with E-state index in [2.05, 4.69) is 5.32 Å². The zero-order chi connectivity index (χ0) is 18.4. The third-order valence-corrected chi connectivity index (χ3v) is 3.83. The fourth-order valence-electron chi connectivity index (χ4n) is 2.25. The monoisotopic (exact) mass is 367 g/mol. The molecule has 2 aromatic rings. The zero-order valence-corrected chi connectivity index (χ0v) is 14.9. The Labute approximate surface area is 150 Å². The molecule has 0 spiro atoms. The van der Waals surface area contributed by atoms with Crippen LogP contribution in [0.3, 0.4) is 0 Å². The average Bonchev–Trinajstić information content (AvgIpc) is 2.62. The number of carbonyl (C=O) groups is 1. The van der Waals surface area contributed by atoms with E-state index in [1.807, 2.05) is 6.92 Å². The topological polar surface area (TPSA) is 56.8 Å². The summed E-state index contributed by atoms with van der Waals surface area (Å²) in [7, 11) is 3.12. The molecule has 0 radical (unpaired) electrons. The van der Waals surface area contributed by atoms with Gasteiger partial charge >= 0.3 is 0 Å². The smallest absolute Gasteiger partial charge is 0.258 e. The van der Waals surface area contributed by atoms with Crippen molar-refractivity contribution >= 4 is 17.5 Å².